The van der Waals surface area contributed by atoms with Gasteiger partial charge in [0, 0.05) is 31.4 Å². The number of aromatic nitrogens is 4. The van der Waals surface area contributed by atoms with Crippen molar-refractivity contribution in [2.75, 3.05) is 13.7 Å². The van der Waals surface area contributed by atoms with Gasteiger partial charge in [0.1, 0.15) is 5.82 Å². The fourth-order valence-electron chi connectivity index (χ4n) is 3.05. The largest absolute Gasteiger partial charge is 0.383 e. The van der Waals surface area contributed by atoms with Crippen molar-refractivity contribution in [1.29, 1.82) is 0 Å². The number of benzene rings is 2. The van der Waals surface area contributed by atoms with Crippen LogP contribution >= 0.6 is 0 Å². The molecule has 0 N–H and O–H groups in total. The van der Waals surface area contributed by atoms with E-state index < -0.39 is 21.2 Å². The Kier molecular flexibility index (Phi) is 4.56. The molecule has 146 valence electrons. The Morgan fingerprint density at radius 2 is 1.59 bits per heavy atom. The molecule has 2 aromatic heterocycles. The van der Waals surface area contributed by atoms with Crippen LogP contribution in [0.25, 0.3) is 33.7 Å². The lowest BCUT2D eigenvalue weighted by Gasteiger charge is -2.08. The first-order valence-corrected chi connectivity index (χ1v) is 8.54. The van der Waals surface area contributed by atoms with Gasteiger partial charge in [-0.05, 0) is 12.1 Å². The van der Waals surface area contributed by atoms with Crippen molar-refractivity contribution < 1.29 is 14.6 Å². The van der Waals surface area contributed by atoms with E-state index in [1.54, 1.807) is 10.6 Å². The van der Waals surface area contributed by atoms with E-state index in [-0.39, 0.29) is 5.56 Å². The molecule has 0 radical (unpaired) electrons. The fraction of sp³-hybridized carbons (Fsp3) is 0.167. The number of methoxy groups -OCH3 is 1. The highest BCUT2D eigenvalue weighted by Crippen LogP contribution is 2.31. The maximum Gasteiger partial charge on any atom is 0.277 e. The van der Waals surface area contributed by atoms with Crippen molar-refractivity contribution in [3.8, 4) is 11.4 Å². The lowest BCUT2D eigenvalue weighted by molar-refractivity contribution is -0.394. The molecule has 2 aromatic carbocycles. The molecule has 0 saturated heterocycles. The Balaban J connectivity index is 2.00. The normalized spacial score (nSPS) is 11.2. The van der Waals surface area contributed by atoms with Crippen molar-refractivity contribution in [2.24, 2.45) is 0 Å². The lowest BCUT2D eigenvalue weighted by Crippen LogP contribution is -2.07. The zero-order valence-electron chi connectivity index (χ0n) is 15.2. The van der Waals surface area contributed by atoms with Crippen molar-refractivity contribution in [3.63, 3.8) is 0 Å². The van der Waals surface area contributed by atoms with Gasteiger partial charge >= 0.3 is 0 Å². The van der Waals surface area contributed by atoms with E-state index in [2.05, 4.69) is 15.0 Å². The minimum atomic E-state index is -0.677. The van der Waals surface area contributed by atoms with Crippen LogP contribution in [0.1, 0.15) is 0 Å². The number of para-hydroxylation sites is 2. The highest BCUT2D eigenvalue weighted by molar-refractivity contribution is 5.85. The van der Waals surface area contributed by atoms with Crippen molar-refractivity contribution in [2.45, 2.75) is 6.54 Å². The summed E-state index contributed by atoms with van der Waals surface area (Å²) in [6.07, 6.45) is 0. The van der Waals surface area contributed by atoms with Gasteiger partial charge < -0.3 is 9.30 Å². The van der Waals surface area contributed by atoms with Crippen LogP contribution in [0.3, 0.4) is 0 Å². The number of imidazole rings is 1. The number of rotatable bonds is 6. The van der Waals surface area contributed by atoms with Gasteiger partial charge in [-0.3, -0.25) is 20.2 Å². The summed E-state index contributed by atoms with van der Waals surface area (Å²) >= 11 is 0. The summed E-state index contributed by atoms with van der Waals surface area (Å²) in [5, 5.41) is 22.5. The van der Waals surface area contributed by atoms with Crippen molar-refractivity contribution >= 4 is 33.7 Å². The van der Waals surface area contributed by atoms with Gasteiger partial charge in [-0.1, -0.05) is 12.1 Å². The van der Waals surface area contributed by atoms with Crippen LogP contribution in [0, 0.1) is 20.2 Å². The van der Waals surface area contributed by atoms with E-state index in [1.807, 2.05) is 18.2 Å². The molecule has 0 unspecified atom stereocenters. The molecular weight excluding hydrogens is 380 g/mol. The first-order valence-electron chi connectivity index (χ1n) is 8.54. The van der Waals surface area contributed by atoms with Gasteiger partial charge in [0.25, 0.3) is 11.4 Å². The lowest BCUT2D eigenvalue weighted by atomic mass is 10.1. The van der Waals surface area contributed by atoms with Gasteiger partial charge in [0.2, 0.25) is 0 Å². The molecule has 0 aliphatic carbocycles. The first-order chi connectivity index (χ1) is 14.0. The van der Waals surface area contributed by atoms with Crippen LogP contribution in [-0.2, 0) is 11.3 Å². The molecule has 4 rings (SSSR count). The smallest absolute Gasteiger partial charge is 0.277 e. The molecule has 0 bridgehead atoms. The minimum Gasteiger partial charge on any atom is -0.383 e. The summed E-state index contributed by atoms with van der Waals surface area (Å²) < 4.78 is 6.85. The average molecular weight is 394 g/mol. The third-order valence-corrected chi connectivity index (χ3v) is 4.36. The second kappa shape index (κ2) is 7.20. The Labute approximate surface area is 162 Å². The maximum atomic E-state index is 11.3. The average Bonchev–Trinajstić information content (AvgIpc) is 3.07. The van der Waals surface area contributed by atoms with Crippen molar-refractivity contribution in [1.82, 2.24) is 19.5 Å². The number of fused-ring (bicyclic) bond motifs is 2. The van der Waals surface area contributed by atoms with Crippen LogP contribution in [0.15, 0.2) is 42.5 Å². The predicted octanol–water partition coefficient (Wildman–Crippen LogP) is 3.11. The summed E-state index contributed by atoms with van der Waals surface area (Å²) in [7, 11) is 1.54. The fourth-order valence-corrected chi connectivity index (χ4v) is 3.05. The topological polar surface area (TPSA) is 139 Å². The third kappa shape index (κ3) is 3.34. The monoisotopic (exact) mass is 394 g/mol. The number of ether oxygens (including phenoxy) is 1. The molecule has 0 amide bonds. The summed E-state index contributed by atoms with van der Waals surface area (Å²) in [6.45, 7) is 0.663. The van der Waals surface area contributed by atoms with Gasteiger partial charge in [-0.15, -0.1) is 0 Å². The van der Waals surface area contributed by atoms with Crippen LogP contribution in [0.5, 0.6) is 0 Å². The van der Waals surface area contributed by atoms with Gasteiger partial charge in [0.15, 0.2) is 11.3 Å². The number of nitro benzene ring substituents is 2. The van der Waals surface area contributed by atoms with E-state index in [0.29, 0.717) is 41.3 Å². The minimum absolute atomic E-state index is 0.228. The van der Waals surface area contributed by atoms with E-state index in [0.717, 1.165) is 6.07 Å². The zero-order chi connectivity index (χ0) is 20.5. The van der Waals surface area contributed by atoms with E-state index in [4.69, 9.17) is 4.74 Å². The summed E-state index contributed by atoms with van der Waals surface area (Å²) in [5.41, 5.74) is 1.54. The molecule has 0 fully saturated rings. The van der Waals surface area contributed by atoms with Crippen LogP contribution in [-0.4, -0.2) is 43.1 Å². The number of hydrogen-bond acceptors (Lipinski definition) is 8. The highest BCUT2D eigenvalue weighted by Gasteiger charge is 2.22. The number of hydrogen-bond donors (Lipinski definition) is 0. The van der Waals surface area contributed by atoms with Crippen LogP contribution < -0.4 is 0 Å². The highest BCUT2D eigenvalue weighted by atomic mass is 16.6. The van der Waals surface area contributed by atoms with Gasteiger partial charge in [0.05, 0.1) is 33.6 Å². The zero-order valence-corrected chi connectivity index (χ0v) is 15.2. The molecule has 4 aromatic rings. The first kappa shape index (κ1) is 18.4. The summed E-state index contributed by atoms with van der Waals surface area (Å²) in [4.78, 5) is 34.7. The molecular formula is C18H14N6O5. The molecule has 0 atom stereocenters. The van der Waals surface area contributed by atoms with E-state index in [9.17, 15) is 20.2 Å². The molecule has 0 spiro atoms. The standard InChI is InChI=1S/C18H14N6O5/c1-29-7-6-22-17(11-8-12(23(25)26)10-13(9-11)24(27)28)21-16-18(22)20-15-5-3-2-4-14(15)19-16/h2-5,8-10H,6-7H2,1H3. The Bertz CT molecular complexity index is 1240. The molecule has 0 aliphatic rings. The number of nitro groups is 2. The maximum absolute atomic E-state index is 11.3. The molecule has 11 heteroatoms. The third-order valence-electron chi connectivity index (χ3n) is 4.36. The number of nitrogens with zero attached hydrogens (tertiary/aromatic N) is 6. The number of non-ortho nitro benzene ring substituents is 2. The van der Waals surface area contributed by atoms with Gasteiger partial charge in [-0.2, -0.15) is 0 Å². The Morgan fingerprint density at radius 1 is 0.966 bits per heavy atom. The summed E-state index contributed by atoms with van der Waals surface area (Å²) in [6, 6.07) is 10.7. The second-order valence-electron chi connectivity index (χ2n) is 6.19. The van der Waals surface area contributed by atoms with Crippen LogP contribution in [0.2, 0.25) is 0 Å². The molecule has 2 heterocycles. The molecule has 29 heavy (non-hydrogen) atoms. The Hall–Kier alpha value is -3.99. The van der Waals surface area contributed by atoms with E-state index >= 15 is 0 Å². The molecule has 11 nitrogen and oxygen atoms in total. The van der Waals surface area contributed by atoms with E-state index in [1.165, 1.54) is 19.2 Å². The Morgan fingerprint density at radius 3 is 2.17 bits per heavy atom. The summed E-state index contributed by atoms with van der Waals surface area (Å²) in [5.74, 6) is 0.291. The van der Waals surface area contributed by atoms with Crippen LogP contribution in [0.4, 0.5) is 11.4 Å². The SMILES string of the molecule is COCCn1c(-c2cc([N+](=O)[O-])cc([N+](=O)[O-])c2)nc2nc3ccccc3nc21. The second-order valence-corrected chi connectivity index (χ2v) is 6.19. The quantitative estimate of drug-likeness (QED) is 0.359. The molecule has 0 saturated carbocycles. The molecule has 0 aliphatic heterocycles. The predicted molar refractivity (Wildman–Crippen MR) is 103 cm³/mol. The van der Waals surface area contributed by atoms with Gasteiger partial charge in [-0.25, -0.2) is 15.0 Å². The van der Waals surface area contributed by atoms with Crippen molar-refractivity contribution in [3.05, 3.63) is 62.7 Å².